The Labute approximate surface area is 115 Å². The molecule has 0 aliphatic rings. The maximum absolute atomic E-state index is 6.11. The zero-order valence-corrected chi connectivity index (χ0v) is 11.0. The quantitative estimate of drug-likeness (QED) is 0.680. The molecule has 0 saturated carbocycles. The fraction of sp³-hybridized carbons (Fsp3) is 0.0714. The molecule has 0 aliphatic heterocycles. The number of imidazole rings is 1. The van der Waals surface area contributed by atoms with Crippen LogP contribution < -0.4 is 0 Å². The van der Waals surface area contributed by atoms with Crippen molar-refractivity contribution in [3.05, 3.63) is 53.1 Å². The van der Waals surface area contributed by atoms with E-state index in [9.17, 15) is 0 Å². The summed E-state index contributed by atoms with van der Waals surface area (Å²) in [7, 11) is 0. The number of hydrogen-bond donors (Lipinski definition) is 1. The molecule has 4 heteroatoms. The van der Waals surface area contributed by atoms with Crippen LogP contribution in [0.25, 0.3) is 22.4 Å². The van der Waals surface area contributed by atoms with Crippen molar-refractivity contribution in [1.82, 2.24) is 9.97 Å². The van der Waals surface area contributed by atoms with E-state index in [1.54, 1.807) is 0 Å². The molecular formula is C14H10Cl2N2. The molecule has 2 nitrogen and oxygen atoms in total. The lowest BCUT2D eigenvalue weighted by atomic mass is 10.1. The van der Waals surface area contributed by atoms with Gasteiger partial charge in [-0.25, -0.2) is 4.98 Å². The minimum absolute atomic E-state index is 0.495. The third-order valence-corrected chi connectivity index (χ3v) is 3.43. The first-order chi connectivity index (χ1) is 8.78. The monoisotopic (exact) mass is 276 g/mol. The van der Waals surface area contributed by atoms with E-state index in [1.165, 1.54) is 0 Å². The summed E-state index contributed by atoms with van der Waals surface area (Å²) in [5, 5.41) is 0.656. The Morgan fingerprint density at radius 2 is 1.94 bits per heavy atom. The summed E-state index contributed by atoms with van der Waals surface area (Å²) in [6.45, 7) is 0. The Balaban J connectivity index is 2.16. The van der Waals surface area contributed by atoms with Gasteiger partial charge in [0.05, 0.1) is 10.5 Å². The topological polar surface area (TPSA) is 28.7 Å². The second-order valence-electron chi connectivity index (χ2n) is 4.06. The Morgan fingerprint density at radius 3 is 2.72 bits per heavy atom. The second kappa shape index (κ2) is 4.63. The molecule has 90 valence electrons. The molecule has 0 radical (unpaired) electrons. The molecule has 0 spiro atoms. The Kier molecular flexibility index (Phi) is 2.98. The van der Waals surface area contributed by atoms with Gasteiger partial charge in [0, 0.05) is 11.4 Å². The van der Waals surface area contributed by atoms with Gasteiger partial charge >= 0.3 is 0 Å². The second-order valence-corrected chi connectivity index (χ2v) is 4.73. The predicted molar refractivity (Wildman–Crippen MR) is 76.1 cm³/mol. The van der Waals surface area contributed by atoms with E-state index in [2.05, 4.69) is 9.97 Å². The van der Waals surface area contributed by atoms with Gasteiger partial charge in [0.1, 0.15) is 11.3 Å². The average molecular weight is 277 g/mol. The summed E-state index contributed by atoms with van der Waals surface area (Å²) in [6, 6.07) is 13.7. The fourth-order valence-electron chi connectivity index (χ4n) is 1.94. The Bertz CT molecular complexity index is 704. The molecule has 0 bridgehead atoms. The Hall–Kier alpha value is -1.51. The Morgan fingerprint density at radius 1 is 1.11 bits per heavy atom. The number of aromatic amines is 1. The SMILES string of the molecule is ClCc1cccc(-c2nc3c(Cl)cccc3[nH]2)c1. The van der Waals surface area contributed by atoms with Gasteiger partial charge in [0.15, 0.2) is 0 Å². The zero-order chi connectivity index (χ0) is 12.5. The lowest BCUT2D eigenvalue weighted by molar-refractivity contribution is 1.31. The minimum Gasteiger partial charge on any atom is -0.338 e. The highest BCUT2D eigenvalue weighted by Gasteiger charge is 2.07. The van der Waals surface area contributed by atoms with Crippen molar-refractivity contribution in [2.24, 2.45) is 0 Å². The first kappa shape index (κ1) is 11.6. The van der Waals surface area contributed by atoms with Gasteiger partial charge in [-0.15, -0.1) is 11.6 Å². The van der Waals surface area contributed by atoms with Crippen LogP contribution in [-0.2, 0) is 5.88 Å². The van der Waals surface area contributed by atoms with E-state index in [0.29, 0.717) is 10.9 Å². The van der Waals surface area contributed by atoms with Gasteiger partial charge in [-0.3, -0.25) is 0 Å². The maximum Gasteiger partial charge on any atom is 0.138 e. The lowest BCUT2D eigenvalue weighted by Gasteiger charge is -1.99. The van der Waals surface area contributed by atoms with E-state index < -0.39 is 0 Å². The third-order valence-electron chi connectivity index (χ3n) is 2.82. The normalized spacial score (nSPS) is 11.0. The molecule has 1 heterocycles. The van der Waals surface area contributed by atoms with Crippen LogP contribution in [0.3, 0.4) is 0 Å². The maximum atomic E-state index is 6.11. The number of rotatable bonds is 2. The zero-order valence-electron chi connectivity index (χ0n) is 9.45. The number of alkyl halides is 1. The highest BCUT2D eigenvalue weighted by atomic mass is 35.5. The molecule has 1 N–H and O–H groups in total. The number of H-pyrrole nitrogens is 1. The number of nitrogens with zero attached hydrogens (tertiary/aromatic N) is 1. The van der Waals surface area contributed by atoms with E-state index in [1.807, 2.05) is 42.5 Å². The van der Waals surface area contributed by atoms with Crippen LogP contribution in [0.1, 0.15) is 5.56 Å². The smallest absolute Gasteiger partial charge is 0.138 e. The highest BCUT2D eigenvalue weighted by Crippen LogP contribution is 2.26. The number of benzene rings is 2. The first-order valence-corrected chi connectivity index (χ1v) is 6.48. The number of fused-ring (bicyclic) bond motifs is 1. The van der Waals surface area contributed by atoms with Crippen LogP contribution in [-0.4, -0.2) is 9.97 Å². The minimum atomic E-state index is 0.495. The number of aromatic nitrogens is 2. The molecule has 0 aliphatic carbocycles. The van der Waals surface area contributed by atoms with Gasteiger partial charge in [0.25, 0.3) is 0 Å². The molecule has 3 rings (SSSR count). The van der Waals surface area contributed by atoms with E-state index in [-0.39, 0.29) is 0 Å². The highest BCUT2D eigenvalue weighted by molar-refractivity contribution is 6.35. The van der Waals surface area contributed by atoms with Gasteiger partial charge < -0.3 is 4.98 Å². The molecule has 2 aromatic carbocycles. The third kappa shape index (κ3) is 1.98. The molecule has 0 fully saturated rings. The molecule has 18 heavy (non-hydrogen) atoms. The lowest BCUT2D eigenvalue weighted by Crippen LogP contribution is -1.83. The van der Waals surface area contributed by atoms with Crippen LogP contribution in [0.15, 0.2) is 42.5 Å². The van der Waals surface area contributed by atoms with Crippen LogP contribution in [0.5, 0.6) is 0 Å². The van der Waals surface area contributed by atoms with Gasteiger partial charge in [-0.2, -0.15) is 0 Å². The fourth-order valence-corrected chi connectivity index (χ4v) is 2.32. The molecule has 0 amide bonds. The van der Waals surface area contributed by atoms with Crippen molar-refractivity contribution in [1.29, 1.82) is 0 Å². The molecule has 1 aromatic heterocycles. The average Bonchev–Trinajstić information content (AvgIpc) is 2.84. The summed E-state index contributed by atoms with van der Waals surface area (Å²) < 4.78 is 0. The number of halogens is 2. The predicted octanol–water partition coefficient (Wildman–Crippen LogP) is 4.62. The van der Waals surface area contributed by atoms with E-state index >= 15 is 0 Å². The molecule has 0 saturated heterocycles. The van der Waals surface area contributed by atoms with Gasteiger partial charge in [-0.05, 0) is 23.8 Å². The van der Waals surface area contributed by atoms with Crippen molar-refractivity contribution >= 4 is 34.2 Å². The summed E-state index contributed by atoms with van der Waals surface area (Å²) in [4.78, 5) is 7.79. The van der Waals surface area contributed by atoms with E-state index in [4.69, 9.17) is 23.2 Å². The number of hydrogen-bond acceptors (Lipinski definition) is 1. The van der Waals surface area contributed by atoms with Gasteiger partial charge in [-0.1, -0.05) is 35.9 Å². The van der Waals surface area contributed by atoms with Gasteiger partial charge in [0.2, 0.25) is 0 Å². The van der Waals surface area contributed by atoms with Crippen molar-refractivity contribution in [2.75, 3.05) is 0 Å². The number of para-hydroxylation sites is 1. The van der Waals surface area contributed by atoms with Crippen molar-refractivity contribution in [3.8, 4) is 11.4 Å². The molecular weight excluding hydrogens is 267 g/mol. The molecule has 3 aromatic rings. The summed E-state index contributed by atoms with van der Waals surface area (Å²) in [5.74, 6) is 1.31. The summed E-state index contributed by atoms with van der Waals surface area (Å²) in [6.07, 6.45) is 0. The first-order valence-electron chi connectivity index (χ1n) is 5.57. The van der Waals surface area contributed by atoms with Crippen LogP contribution >= 0.6 is 23.2 Å². The van der Waals surface area contributed by atoms with Crippen molar-refractivity contribution in [2.45, 2.75) is 5.88 Å². The van der Waals surface area contributed by atoms with Crippen molar-refractivity contribution in [3.63, 3.8) is 0 Å². The largest absolute Gasteiger partial charge is 0.338 e. The number of nitrogens with one attached hydrogen (secondary N) is 1. The van der Waals surface area contributed by atoms with Crippen molar-refractivity contribution < 1.29 is 0 Å². The standard InChI is InChI=1S/C14H10Cl2N2/c15-8-9-3-1-4-10(7-9)14-17-12-6-2-5-11(16)13(12)18-14/h1-7H,8H2,(H,17,18). The summed E-state index contributed by atoms with van der Waals surface area (Å²) in [5.41, 5.74) is 3.82. The van der Waals surface area contributed by atoms with Crippen LogP contribution in [0, 0.1) is 0 Å². The molecule has 0 atom stereocenters. The van der Waals surface area contributed by atoms with Crippen LogP contribution in [0.4, 0.5) is 0 Å². The summed E-state index contributed by atoms with van der Waals surface area (Å²) >= 11 is 12.0. The van der Waals surface area contributed by atoms with Crippen LogP contribution in [0.2, 0.25) is 5.02 Å². The van der Waals surface area contributed by atoms with E-state index in [0.717, 1.165) is 28.0 Å². The molecule has 0 unspecified atom stereocenters.